The number of aliphatic hydroxyl groups excluding tert-OH is 1. The van der Waals surface area contributed by atoms with Crippen LogP contribution in [-0.4, -0.2) is 54.0 Å². The second-order valence-corrected chi connectivity index (χ2v) is 10.6. The van der Waals surface area contributed by atoms with Gasteiger partial charge in [-0.15, -0.1) is 23.2 Å². The third-order valence-corrected chi connectivity index (χ3v) is 7.33. The van der Waals surface area contributed by atoms with E-state index in [-0.39, 0.29) is 12.5 Å². The molecule has 0 unspecified atom stereocenters. The van der Waals surface area contributed by atoms with Crippen molar-refractivity contribution in [2.24, 2.45) is 0 Å². The summed E-state index contributed by atoms with van der Waals surface area (Å²) in [5.74, 6) is 1.05. The van der Waals surface area contributed by atoms with Gasteiger partial charge in [0.1, 0.15) is 5.75 Å². The predicted octanol–water partition coefficient (Wildman–Crippen LogP) is 6.88. The van der Waals surface area contributed by atoms with Crippen LogP contribution >= 0.6 is 23.2 Å². The van der Waals surface area contributed by atoms with Crippen LogP contribution in [0.4, 0.5) is 27.5 Å². The summed E-state index contributed by atoms with van der Waals surface area (Å²) in [6.45, 7) is 1.04. The molecule has 1 heterocycles. The fourth-order valence-corrected chi connectivity index (χ4v) is 5.40. The molecular weight excluding hydrogens is 601 g/mol. The Labute approximate surface area is 264 Å². The summed E-state index contributed by atoms with van der Waals surface area (Å²) < 4.78 is 5.52. The van der Waals surface area contributed by atoms with Crippen molar-refractivity contribution in [2.45, 2.75) is 6.61 Å². The Balaban J connectivity index is 1.42. The van der Waals surface area contributed by atoms with Gasteiger partial charge in [-0.25, -0.2) is 9.78 Å². The van der Waals surface area contributed by atoms with E-state index < -0.39 is 6.09 Å². The van der Waals surface area contributed by atoms with E-state index in [1.807, 2.05) is 53.4 Å². The van der Waals surface area contributed by atoms with Crippen LogP contribution in [0, 0.1) is 0 Å². The van der Waals surface area contributed by atoms with Crippen molar-refractivity contribution in [3.63, 3.8) is 0 Å². The Hall–Kier alpha value is -4.57. The summed E-state index contributed by atoms with van der Waals surface area (Å²) in [6.07, 6.45) is -0.688. The first kappa shape index (κ1) is 30.9. The maximum absolute atomic E-state index is 12.8. The number of rotatable bonds is 11. The zero-order valence-corrected chi connectivity index (χ0v) is 25.5. The van der Waals surface area contributed by atoms with E-state index >= 15 is 0 Å². The molecule has 0 atom stereocenters. The number of carbonyl (C=O) groups excluding carboxylic acids is 2. The number of para-hydroxylation sites is 2. The molecule has 0 radical (unpaired) electrons. The molecule has 5 aromatic rings. The number of aromatic nitrogens is 1. The largest absolute Gasteiger partial charge is 0.417 e. The number of halogens is 2. The number of alkyl halides is 2. The normalized spacial score (nSPS) is 10.9. The van der Waals surface area contributed by atoms with Gasteiger partial charge in [0.05, 0.1) is 28.9 Å². The number of pyridine rings is 1. The zero-order valence-electron chi connectivity index (χ0n) is 23.9. The minimum absolute atomic E-state index is 0.242. The first-order valence-electron chi connectivity index (χ1n) is 13.9. The average molecular weight is 633 g/mol. The summed E-state index contributed by atoms with van der Waals surface area (Å²) in [7, 11) is 1.58. The molecule has 226 valence electrons. The number of ether oxygens (including phenoxy) is 1. The van der Waals surface area contributed by atoms with Gasteiger partial charge in [0, 0.05) is 59.7 Å². The fraction of sp³-hybridized carbons (Fsp3) is 0.182. The number of amides is 2. The molecule has 0 saturated carbocycles. The summed E-state index contributed by atoms with van der Waals surface area (Å²) in [5, 5.41) is 20.5. The van der Waals surface area contributed by atoms with E-state index in [0.29, 0.717) is 64.1 Å². The van der Waals surface area contributed by atoms with Gasteiger partial charge in [0.25, 0.3) is 5.91 Å². The highest BCUT2D eigenvalue weighted by atomic mass is 35.5. The minimum Gasteiger partial charge on any atom is -0.410 e. The van der Waals surface area contributed by atoms with Crippen LogP contribution in [0.15, 0.2) is 84.9 Å². The van der Waals surface area contributed by atoms with Crippen molar-refractivity contribution in [3.05, 3.63) is 96.1 Å². The van der Waals surface area contributed by atoms with E-state index in [0.717, 1.165) is 22.1 Å². The number of nitrogens with one attached hydrogen (secondary N) is 3. The molecule has 0 bridgehead atoms. The van der Waals surface area contributed by atoms with E-state index in [1.165, 1.54) is 0 Å². The minimum atomic E-state index is -0.688. The second-order valence-electron chi connectivity index (χ2n) is 9.86. The summed E-state index contributed by atoms with van der Waals surface area (Å²) in [5.41, 5.74) is 4.96. The van der Waals surface area contributed by atoms with Crippen molar-refractivity contribution in [1.29, 1.82) is 0 Å². The molecule has 4 N–H and O–H groups in total. The van der Waals surface area contributed by atoms with Crippen LogP contribution in [0.5, 0.6) is 5.75 Å². The van der Waals surface area contributed by atoms with E-state index in [9.17, 15) is 14.7 Å². The maximum Gasteiger partial charge on any atom is 0.417 e. The van der Waals surface area contributed by atoms with E-state index in [4.69, 9.17) is 32.9 Å². The Bertz CT molecular complexity index is 1790. The molecule has 0 fully saturated rings. The summed E-state index contributed by atoms with van der Waals surface area (Å²) in [6, 6.07) is 25.3. The Morgan fingerprint density at radius 2 is 1.59 bits per heavy atom. The van der Waals surface area contributed by atoms with Crippen LogP contribution in [0.25, 0.3) is 21.8 Å². The molecule has 44 heavy (non-hydrogen) atoms. The van der Waals surface area contributed by atoms with E-state index in [1.54, 1.807) is 43.4 Å². The monoisotopic (exact) mass is 631 g/mol. The first-order chi connectivity index (χ1) is 21.4. The number of fused-ring (bicyclic) bond motifs is 2. The molecule has 0 saturated heterocycles. The molecule has 2 amide bonds. The van der Waals surface area contributed by atoms with Gasteiger partial charge < -0.3 is 25.4 Å². The van der Waals surface area contributed by atoms with Gasteiger partial charge in [-0.1, -0.05) is 30.3 Å². The molecule has 11 heteroatoms. The molecule has 5 rings (SSSR count). The highest BCUT2D eigenvalue weighted by molar-refractivity contribution is 6.18. The third kappa shape index (κ3) is 6.97. The van der Waals surface area contributed by atoms with Crippen molar-refractivity contribution < 1.29 is 19.4 Å². The van der Waals surface area contributed by atoms with Crippen molar-refractivity contribution in [3.8, 4) is 5.75 Å². The number of nitrogens with zero attached hydrogens (tertiary/aromatic N) is 2. The number of carbonyl (C=O) groups is 2. The molecule has 4 aromatic carbocycles. The van der Waals surface area contributed by atoms with Gasteiger partial charge in [-0.05, 0) is 60.2 Å². The van der Waals surface area contributed by atoms with E-state index in [2.05, 4.69) is 16.0 Å². The Kier molecular flexibility index (Phi) is 10.0. The standard InChI is InChI=1S/C33H31Cl2N5O4/c1-36-32(42)28-7-4-6-27-30(26-5-2-3-8-29(26)39-31(27)28)37-22-17-21(20-41)18-23(19-22)38-33(43)44-25-11-9-24(10-12-25)40(15-13-34)16-14-35/h2-12,17-19,41H,13-16,20H2,1H3,(H,36,42)(H,37,39)(H,38,43). The van der Waals surface area contributed by atoms with Crippen LogP contribution in [0.1, 0.15) is 15.9 Å². The molecule has 0 aliphatic rings. The molecule has 0 spiro atoms. The molecular formula is C33H31Cl2N5O4. The lowest BCUT2D eigenvalue weighted by Gasteiger charge is -2.22. The number of aliphatic hydroxyl groups is 1. The van der Waals surface area contributed by atoms with Gasteiger partial charge in [-0.2, -0.15) is 0 Å². The lowest BCUT2D eigenvalue weighted by Crippen LogP contribution is -2.27. The van der Waals surface area contributed by atoms with Gasteiger partial charge in [0.15, 0.2) is 0 Å². The first-order valence-corrected chi connectivity index (χ1v) is 15.0. The lowest BCUT2D eigenvalue weighted by molar-refractivity contribution is 0.0964. The van der Waals surface area contributed by atoms with Crippen molar-refractivity contribution >= 4 is 79.8 Å². The third-order valence-electron chi connectivity index (χ3n) is 7.00. The smallest absolute Gasteiger partial charge is 0.410 e. The fourth-order valence-electron chi connectivity index (χ4n) is 4.99. The Morgan fingerprint density at radius 1 is 0.886 bits per heavy atom. The topological polar surface area (TPSA) is 116 Å². The SMILES string of the molecule is CNC(=O)c1cccc2c(Nc3cc(CO)cc(NC(=O)Oc4ccc(N(CCCl)CCCl)cc4)c3)c3ccccc3nc12. The average Bonchev–Trinajstić information content (AvgIpc) is 3.04. The van der Waals surface area contributed by atoms with Gasteiger partial charge in [-0.3, -0.25) is 10.1 Å². The number of anilines is 4. The lowest BCUT2D eigenvalue weighted by atomic mass is 10.0. The van der Waals surface area contributed by atoms with Crippen LogP contribution < -0.4 is 25.6 Å². The Morgan fingerprint density at radius 3 is 2.30 bits per heavy atom. The van der Waals surface area contributed by atoms with Crippen molar-refractivity contribution in [2.75, 3.05) is 47.4 Å². The quantitative estimate of drug-likeness (QED) is 0.0927. The number of benzene rings is 4. The van der Waals surface area contributed by atoms with Crippen LogP contribution in [0.3, 0.4) is 0 Å². The number of hydrogen-bond donors (Lipinski definition) is 4. The van der Waals surface area contributed by atoms with Gasteiger partial charge in [0.2, 0.25) is 0 Å². The van der Waals surface area contributed by atoms with Crippen LogP contribution in [-0.2, 0) is 6.61 Å². The van der Waals surface area contributed by atoms with Gasteiger partial charge >= 0.3 is 6.09 Å². The predicted molar refractivity (Wildman–Crippen MR) is 178 cm³/mol. The molecule has 9 nitrogen and oxygen atoms in total. The van der Waals surface area contributed by atoms with Crippen LogP contribution in [0.2, 0.25) is 0 Å². The molecule has 0 aliphatic carbocycles. The summed E-state index contributed by atoms with van der Waals surface area (Å²) in [4.78, 5) is 32.3. The molecule has 1 aromatic heterocycles. The van der Waals surface area contributed by atoms with Crippen molar-refractivity contribution in [1.82, 2.24) is 10.3 Å². The highest BCUT2D eigenvalue weighted by Crippen LogP contribution is 2.35. The summed E-state index contributed by atoms with van der Waals surface area (Å²) >= 11 is 11.8. The zero-order chi connectivity index (χ0) is 31.1. The maximum atomic E-state index is 12.8. The number of hydrogen-bond acceptors (Lipinski definition) is 7. The second kappa shape index (κ2) is 14.3. The highest BCUT2D eigenvalue weighted by Gasteiger charge is 2.16. The molecule has 0 aliphatic heterocycles.